The first-order valence-corrected chi connectivity index (χ1v) is 1.40. The third-order valence-electron chi connectivity index (χ3n) is 0.308. The number of hydrogen-bond acceptors (Lipinski definition) is 1. The van der Waals surface area contributed by atoms with E-state index in [1.54, 1.807) is 0 Å². The topological polar surface area (TPSA) is 12.4 Å². The highest BCUT2D eigenvalue weighted by molar-refractivity contribution is 5.79. The van der Waals surface area contributed by atoms with Crippen LogP contribution in [0, 0.1) is 0 Å². The second-order valence-electron chi connectivity index (χ2n) is 0.873. The Bertz CT molecular complexity index is 101. The molecule has 8 heavy (non-hydrogen) atoms. The third kappa shape index (κ3) is 1.85. The summed E-state index contributed by atoms with van der Waals surface area (Å²) in [5.41, 5.74) is 0. The lowest BCUT2D eigenvalue weighted by atomic mass is 10.7. The standard InChI is InChI=1S/C2F5N/c3-1(8-7)2(4,5)6/b8-1-. The normalized spacial score (nSPS) is 14.4. The molecule has 0 rings (SSSR count). The van der Waals surface area contributed by atoms with Gasteiger partial charge in [-0.2, -0.15) is 17.6 Å². The van der Waals surface area contributed by atoms with Crippen molar-refractivity contribution in [3.8, 4) is 0 Å². The highest BCUT2D eigenvalue weighted by atomic mass is 19.4. The van der Waals surface area contributed by atoms with E-state index in [-0.39, 0.29) is 0 Å². The fourth-order valence-electron chi connectivity index (χ4n) is 0.0479. The van der Waals surface area contributed by atoms with Crippen LogP contribution in [0.1, 0.15) is 0 Å². The van der Waals surface area contributed by atoms with Crippen molar-refractivity contribution in [1.82, 2.24) is 0 Å². The van der Waals surface area contributed by atoms with Crippen molar-refractivity contribution in [2.45, 2.75) is 6.18 Å². The van der Waals surface area contributed by atoms with Crippen LogP contribution in [0.25, 0.3) is 0 Å². The quantitative estimate of drug-likeness (QED) is 0.353. The predicted octanol–water partition coefficient (Wildman–Crippen LogP) is 1.80. The number of nitrogens with zero attached hydrogens (tertiary/aromatic N) is 1. The molecule has 0 aromatic carbocycles. The van der Waals surface area contributed by atoms with Crippen molar-refractivity contribution < 1.29 is 22.0 Å². The molecular weight excluding hydrogens is 133 g/mol. The molecule has 0 aromatic rings. The van der Waals surface area contributed by atoms with Crippen molar-refractivity contribution in [2.75, 3.05) is 0 Å². The fraction of sp³-hybridized carbons (Fsp3) is 0.500. The molecule has 0 aromatic heterocycles. The molecule has 0 heterocycles. The minimum Gasteiger partial charge on any atom is -0.177 e. The van der Waals surface area contributed by atoms with Gasteiger partial charge in [-0.25, -0.2) is 0 Å². The summed E-state index contributed by atoms with van der Waals surface area (Å²) in [6.07, 6.45) is -5.28. The summed E-state index contributed by atoms with van der Waals surface area (Å²) in [7, 11) is 0. The largest absolute Gasteiger partial charge is 0.464 e. The van der Waals surface area contributed by atoms with E-state index in [0.717, 1.165) is 5.21 Å². The lowest BCUT2D eigenvalue weighted by Gasteiger charge is -1.95. The van der Waals surface area contributed by atoms with E-state index in [9.17, 15) is 22.0 Å². The molecule has 48 valence electrons. The van der Waals surface area contributed by atoms with Gasteiger partial charge in [0.1, 0.15) is 0 Å². The Labute approximate surface area is 40.8 Å². The molecule has 0 bridgehead atoms. The monoisotopic (exact) mass is 133 g/mol. The van der Waals surface area contributed by atoms with Crippen LogP contribution in [-0.4, -0.2) is 12.1 Å². The molecule has 0 amide bonds. The first-order valence-electron chi connectivity index (χ1n) is 1.40. The summed E-state index contributed by atoms with van der Waals surface area (Å²) in [5.74, 6) is -2.96. The van der Waals surface area contributed by atoms with Gasteiger partial charge in [0.25, 0.3) is 0 Å². The number of rotatable bonds is 0. The molecule has 0 aliphatic rings. The third-order valence-corrected chi connectivity index (χ3v) is 0.308. The Balaban J connectivity index is 4.03. The molecule has 0 saturated carbocycles. The molecule has 1 nitrogen and oxygen atoms in total. The van der Waals surface area contributed by atoms with Crippen LogP contribution in [0.3, 0.4) is 0 Å². The summed E-state index contributed by atoms with van der Waals surface area (Å²) in [4.78, 5) is 0. The molecule has 0 atom stereocenters. The van der Waals surface area contributed by atoms with Crippen LogP contribution >= 0.6 is 0 Å². The van der Waals surface area contributed by atoms with Crippen molar-refractivity contribution >= 4 is 5.97 Å². The smallest absolute Gasteiger partial charge is 0.177 e. The van der Waals surface area contributed by atoms with Gasteiger partial charge in [-0.15, -0.1) is 0 Å². The zero-order valence-corrected chi connectivity index (χ0v) is 3.34. The zero-order valence-electron chi connectivity index (χ0n) is 3.34. The number of halogens is 5. The Morgan fingerprint density at radius 2 is 1.62 bits per heavy atom. The van der Waals surface area contributed by atoms with Gasteiger partial charge < -0.3 is 0 Å². The maximum Gasteiger partial charge on any atom is 0.464 e. The van der Waals surface area contributed by atoms with E-state index in [1.807, 2.05) is 0 Å². The Morgan fingerprint density at radius 1 is 1.25 bits per heavy atom. The zero-order chi connectivity index (χ0) is 6.78. The minimum absolute atomic E-state index is 0.785. The van der Waals surface area contributed by atoms with Gasteiger partial charge in [-0.1, -0.05) is 9.70 Å². The van der Waals surface area contributed by atoms with Crippen LogP contribution in [0.5, 0.6) is 0 Å². The fourth-order valence-corrected chi connectivity index (χ4v) is 0.0479. The summed E-state index contributed by atoms with van der Waals surface area (Å²) in [6.45, 7) is 0. The van der Waals surface area contributed by atoms with E-state index < -0.39 is 12.1 Å². The highest BCUT2D eigenvalue weighted by Crippen LogP contribution is 2.17. The Hall–Kier alpha value is -0.680. The average Bonchev–Trinajstić information content (AvgIpc) is 1.62. The molecule has 0 unspecified atom stereocenters. The van der Waals surface area contributed by atoms with E-state index in [1.165, 1.54) is 0 Å². The molecule has 0 spiro atoms. The molecule has 6 heteroatoms. The van der Waals surface area contributed by atoms with Gasteiger partial charge in [0.05, 0.1) is 0 Å². The molecule has 0 radical (unpaired) electrons. The summed E-state index contributed by atoms with van der Waals surface area (Å²) in [5, 5.41) is 0.785. The summed E-state index contributed by atoms with van der Waals surface area (Å²) < 4.78 is 53.4. The Kier molecular flexibility index (Phi) is 1.88. The minimum atomic E-state index is -5.28. The van der Waals surface area contributed by atoms with Crippen LogP contribution in [0.2, 0.25) is 0 Å². The molecular formula is C2F5N. The molecule has 0 aliphatic carbocycles. The van der Waals surface area contributed by atoms with E-state index in [4.69, 9.17) is 0 Å². The molecule has 0 fully saturated rings. The molecule has 0 N–H and O–H groups in total. The maximum atomic E-state index is 10.9. The van der Waals surface area contributed by atoms with Crippen LogP contribution in [-0.2, 0) is 0 Å². The van der Waals surface area contributed by atoms with Crippen LogP contribution < -0.4 is 0 Å². The van der Waals surface area contributed by atoms with Crippen molar-refractivity contribution in [1.29, 1.82) is 0 Å². The highest BCUT2D eigenvalue weighted by Gasteiger charge is 2.37. The van der Waals surface area contributed by atoms with Crippen LogP contribution in [0.4, 0.5) is 22.0 Å². The first kappa shape index (κ1) is 7.32. The number of alkyl halides is 3. The summed E-state index contributed by atoms with van der Waals surface area (Å²) in [6, 6.07) is 0. The van der Waals surface area contributed by atoms with Crippen molar-refractivity contribution in [2.24, 2.45) is 5.21 Å². The van der Waals surface area contributed by atoms with E-state index >= 15 is 0 Å². The molecule has 0 aliphatic heterocycles. The lowest BCUT2D eigenvalue weighted by Crippen LogP contribution is -2.17. The van der Waals surface area contributed by atoms with Crippen molar-refractivity contribution in [3.63, 3.8) is 0 Å². The second kappa shape index (κ2) is 2.06. The van der Waals surface area contributed by atoms with E-state index in [2.05, 4.69) is 0 Å². The van der Waals surface area contributed by atoms with Crippen LogP contribution in [0.15, 0.2) is 5.21 Å². The van der Waals surface area contributed by atoms with Crippen molar-refractivity contribution in [3.05, 3.63) is 0 Å². The molecule has 0 saturated heterocycles. The first-order chi connectivity index (χ1) is 3.48. The summed E-state index contributed by atoms with van der Waals surface area (Å²) >= 11 is 0. The maximum absolute atomic E-state index is 10.9. The average molecular weight is 133 g/mol. The van der Waals surface area contributed by atoms with Gasteiger partial charge in [-0.3, -0.25) is 0 Å². The predicted molar refractivity (Wildman–Crippen MR) is 15.7 cm³/mol. The lowest BCUT2D eigenvalue weighted by molar-refractivity contribution is -0.0686. The van der Waals surface area contributed by atoms with Gasteiger partial charge in [0.2, 0.25) is 0 Å². The second-order valence-corrected chi connectivity index (χ2v) is 0.873. The van der Waals surface area contributed by atoms with Gasteiger partial charge in [0.15, 0.2) is 0 Å². The SMILES string of the molecule is F/N=C(\F)C(F)(F)F. The van der Waals surface area contributed by atoms with Gasteiger partial charge in [0, 0.05) is 0 Å². The number of hydrogen-bond donors (Lipinski definition) is 0. The Morgan fingerprint density at radius 3 is 1.62 bits per heavy atom. The van der Waals surface area contributed by atoms with Gasteiger partial charge >= 0.3 is 12.1 Å². The van der Waals surface area contributed by atoms with E-state index in [0.29, 0.717) is 0 Å². The van der Waals surface area contributed by atoms with Gasteiger partial charge in [-0.05, 0) is 0 Å².